The molecule has 0 fully saturated rings. The van der Waals surface area contributed by atoms with E-state index in [1.54, 1.807) is 22.9 Å². The van der Waals surface area contributed by atoms with Crippen molar-refractivity contribution in [2.24, 2.45) is 0 Å². The topological polar surface area (TPSA) is 17.3 Å². The second-order valence-electron chi connectivity index (χ2n) is 2.12. The van der Waals surface area contributed by atoms with Gasteiger partial charge in [0.2, 0.25) is 0 Å². The lowest BCUT2D eigenvalue weighted by molar-refractivity contribution is 0.629. The van der Waals surface area contributed by atoms with Crippen molar-refractivity contribution in [3.63, 3.8) is 0 Å². The van der Waals surface area contributed by atoms with Crippen molar-refractivity contribution in [3.05, 3.63) is 34.9 Å². The maximum atomic E-state index is 12.9. The zero-order chi connectivity index (χ0) is 7.84. The van der Waals surface area contributed by atoms with Crippen LogP contribution in [0.5, 0.6) is 0 Å². The molecule has 0 unspecified atom stereocenters. The zero-order valence-corrected chi connectivity index (χ0v) is 7.05. The molecule has 0 bridgehead atoms. The van der Waals surface area contributed by atoms with E-state index < -0.39 is 0 Å². The Morgan fingerprint density at radius 1 is 1.45 bits per heavy atom. The van der Waals surface area contributed by atoms with Gasteiger partial charge < -0.3 is 0 Å². The van der Waals surface area contributed by atoms with Gasteiger partial charge in [0, 0.05) is 12.4 Å². The van der Waals surface area contributed by atoms with Crippen LogP contribution in [0.3, 0.4) is 0 Å². The molecule has 2 heterocycles. The van der Waals surface area contributed by atoms with Gasteiger partial charge >= 0.3 is 0 Å². The first-order chi connectivity index (χ1) is 5.29. The van der Waals surface area contributed by atoms with Crippen LogP contribution in [-0.2, 0) is 0 Å². The third-order valence-corrected chi connectivity index (χ3v) is 2.10. The van der Waals surface area contributed by atoms with E-state index in [9.17, 15) is 4.39 Å². The van der Waals surface area contributed by atoms with Crippen LogP contribution in [0.2, 0.25) is 0 Å². The number of nitrogens with zero attached hydrogens (tertiary/aromatic N) is 2. The quantitative estimate of drug-likeness (QED) is 0.616. The summed E-state index contributed by atoms with van der Waals surface area (Å²) in [5, 5.41) is 0. The fraction of sp³-hybridized carbons (Fsp3) is 0. The number of hydrogen-bond acceptors (Lipinski definition) is 1. The summed E-state index contributed by atoms with van der Waals surface area (Å²) in [4.78, 5) is 3.84. The Morgan fingerprint density at radius 2 is 2.27 bits per heavy atom. The Kier molecular flexibility index (Phi) is 1.42. The summed E-state index contributed by atoms with van der Waals surface area (Å²) in [6, 6.07) is 3.02. The minimum atomic E-state index is -0.307. The monoisotopic (exact) mass is 214 g/mol. The first-order valence-corrected chi connectivity index (χ1v) is 3.85. The highest BCUT2D eigenvalue weighted by Gasteiger charge is 2.02. The Hall–Kier alpha value is -0.900. The summed E-state index contributed by atoms with van der Waals surface area (Å²) in [6.45, 7) is 0. The van der Waals surface area contributed by atoms with Gasteiger partial charge in [-0.15, -0.1) is 0 Å². The molecule has 0 N–H and O–H groups in total. The zero-order valence-electron chi connectivity index (χ0n) is 5.46. The molecule has 0 saturated carbocycles. The second kappa shape index (κ2) is 2.30. The van der Waals surface area contributed by atoms with Crippen LogP contribution in [-0.4, -0.2) is 9.38 Å². The molecule has 2 rings (SSSR count). The molecule has 0 radical (unpaired) electrons. The summed E-state index contributed by atoms with van der Waals surface area (Å²) < 4.78 is 15.3. The Morgan fingerprint density at radius 3 is 3.00 bits per heavy atom. The molecule has 0 atom stereocenters. The van der Waals surface area contributed by atoms with E-state index in [0.717, 1.165) is 4.60 Å². The van der Waals surface area contributed by atoms with Crippen molar-refractivity contribution in [1.29, 1.82) is 0 Å². The van der Waals surface area contributed by atoms with Crippen molar-refractivity contribution in [2.75, 3.05) is 0 Å². The Bertz CT molecular complexity index is 360. The standard InChI is InChI=1S/C7H4BrFN2/c8-6-2-1-5(9)7-10-3-4-11(6)7/h1-4H. The first kappa shape index (κ1) is 6.79. The molecule has 56 valence electrons. The molecule has 0 aromatic carbocycles. The molecule has 0 aliphatic rings. The van der Waals surface area contributed by atoms with Gasteiger partial charge in [0.15, 0.2) is 11.5 Å². The van der Waals surface area contributed by atoms with Crippen LogP contribution < -0.4 is 0 Å². The van der Waals surface area contributed by atoms with Gasteiger partial charge in [-0.25, -0.2) is 9.37 Å². The normalized spacial score (nSPS) is 10.7. The maximum Gasteiger partial charge on any atom is 0.174 e. The summed E-state index contributed by atoms with van der Waals surface area (Å²) in [7, 11) is 0. The highest BCUT2D eigenvalue weighted by atomic mass is 79.9. The lowest BCUT2D eigenvalue weighted by Crippen LogP contribution is -1.88. The minimum absolute atomic E-state index is 0.307. The number of aromatic nitrogens is 2. The molecule has 0 saturated heterocycles. The smallest absolute Gasteiger partial charge is 0.174 e. The van der Waals surface area contributed by atoms with Crippen LogP contribution in [0.4, 0.5) is 4.39 Å². The van der Waals surface area contributed by atoms with Gasteiger partial charge in [0.1, 0.15) is 0 Å². The third kappa shape index (κ3) is 0.939. The molecule has 2 aromatic rings. The number of fused-ring (bicyclic) bond motifs is 1. The van der Waals surface area contributed by atoms with Crippen LogP contribution >= 0.6 is 15.9 Å². The molecule has 11 heavy (non-hydrogen) atoms. The van der Waals surface area contributed by atoms with Gasteiger partial charge in [-0.2, -0.15) is 0 Å². The van der Waals surface area contributed by atoms with Crippen LogP contribution in [0, 0.1) is 5.82 Å². The number of pyridine rings is 1. The SMILES string of the molecule is Fc1ccc(Br)n2ccnc12. The van der Waals surface area contributed by atoms with Gasteiger partial charge in [0.05, 0.1) is 4.60 Å². The van der Waals surface area contributed by atoms with E-state index >= 15 is 0 Å². The van der Waals surface area contributed by atoms with E-state index in [2.05, 4.69) is 20.9 Å². The molecule has 0 aliphatic heterocycles. The summed E-state index contributed by atoms with van der Waals surface area (Å²) in [5.41, 5.74) is 0.347. The summed E-state index contributed by atoms with van der Waals surface area (Å²) in [6.07, 6.45) is 3.26. The van der Waals surface area contributed by atoms with Crippen molar-refractivity contribution in [1.82, 2.24) is 9.38 Å². The fourth-order valence-electron chi connectivity index (χ4n) is 0.949. The van der Waals surface area contributed by atoms with Gasteiger partial charge in [0.25, 0.3) is 0 Å². The van der Waals surface area contributed by atoms with Crippen LogP contribution in [0.1, 0.15) is 0 Å². The lowest BCUT2D eigenvalue weighted by atomic mass is 10.4. The van der Waals surface area contributed by atoms with Gasteiger partial charge in [-0.1, -0.05) is 0 Å². The van der Waals surface area contributed by atoms with E-state index in [0.29, 0.717) is 5.65 Å². The Balaban J connectivity index is 2.96. The third-order valence-electron chi connectivity index (χ3n) is 1.45. The summed E-state index contributed by atoms with van der Waals surface area (Å²) >= 11 is 3.27. The Labute approximate surface area is 70.8 Å². The van der Waals surface area contributed by atoms with E-state index in [1.165, 1.54) is 6.07 Å². The maximum absolute atomic E-state index is 12.9. The van der Waals surface area contributed by atoms with E-state index in [-0.39, 0.29) is 5.82 Å². The molecular formula is C7H4BrFN2. The molecule has 2 aromatic heterocycles. The largest absolute Gasteiger partial charge is 0.291 e. The van der Waals surface area contributed by atoms with E-state index in [4.69, 9.17) is 0 Å². The van der Waals surface area contributed by atoms with Crippen LogP contribution in [0.15, 0.2) is 29.1 Å². The van der Waals surface area contributed by atoms with E-state index in [1.807, 2.05) is 0 Å². The minimum Gasteiger partial charge on any atom is -0.291 e. The predicted molar refractivity (Wildman–Crippen MR) is 42.9 cm³/mol. The molecule has 0 spiro atoms. The van der Waals surface area contributed by atoms with Crippen molar-refractivity contribution >= 4 is 21.6 Å². The lowest BCUT2D eigenvalue weighted by Gasteiger charge is -1.96. The van der Waals surface area contributed by atoms with Gasteiger partial charge in [-0.05, 0) is 28.1 Å². The van der Waals surface area contributed by atoms with Gasteiger partial charge in [-0.3, -0.25) is 4.40 Å². The first-order valence-electron chi connectivity index (χ1n) is 3.06. The molecule has 0 amide bonds. The molecule has 0 aliphatic carbocycles. The fourth-order valence-corrected chi connectivity index (χ4v) is 1.37. The van der Waals surface area contributed by atoms with Crippen molar-refractivity contribution in [2.45, 2.75) is 0 Å². The number of imidazole rings is 1. The number of rotatable bonds is 0. The molecule has 4 heteroatoms. The molecular weight excluding hydrogens is 211 g/mol. The number of hydrogen-bond donors (Lipinski definition) is 0. The average molecular weight is 215 g/mol. The highest BCUT2D eigenvalue weighted by molar-refractivity contribution is 9.10. The van der Waals surface area contributed by atoms with Crippen molar-refractivity contribution in [3.8, 4) is 0 Å². The highest BCUT2D eigenvalue weighted by Crippen LogP contribution is 2.14. The summed E-state index contributed by atoms with van der Waals surface area (Å²) in [5.74, 6) is -0.307. The number of halogens is 2. The molecule has 2 nitrogen and oxygen atoms in total. The predicted octanol–water partition coefficient (Wildman–Crippen LogP) is 2.24. The van der Waals surface area contributed by atoms with Crippen LogP contribution in [0.25, 0.3) is 5.65 Å². The van der Waals surface area contributed by atoms with Crippen molar-refractivity contribution < 1.29 is 4.39 Å². The average Bonchev–Trinajstić information content (AvgIpc) is 2.45. The second-order valence-corrected chi connectivity index (χ2v) is 2.94.